The molecule has 0 saturated carbocycles. The SMILES string of the molecule is COc1ccc(OC)c(-c2csc(N)c2C(=O)OCC(C)C)c1. The number of rotatable bonds is 6. The fourth-order valence-corrected chi connectivity index (χ4v) is 2.92. The molecule has 0 atom stereocenters. The van der Waals surface area contributed by atoms with E-state index in [0.717, 1.165) is 5.56 Å². The van der Waals surface area contributed by atoms with Crippen LogP contribution in [0, 0.1) is 5.92 Å². The maximum absolute atomic E-state index is 12.4. The summed E-state index contributed by atoms with van der Waals surface area (Å²) in [6.07, 6.45) is 0. The Balaban J connectivity index is 2.47. The number of anilines is 1. The number of nitrogen functional groups attached to an aromatic ring is 1. The molecular weight excluding hydrogens is 314 g/mol. The van der Waals surface area contributed by atoms with Crippen LogP contribution in [0.5, 0.6) is 11.5 Å². The molecule has 0 aliphatic carbocycles. The smallest absolute Gasteiger partial charge is 0.341 e. The van der Waals surface area contributed by atoms with E-state index in [2.05, 4.69) is 0 Å². The quantitative estimate of drug-likeness (QED) is 0.813. The van der Waals surface area contributed by atoms with E-state index in [1.54, 1.807) is 26.4 Å². The van der Waals surface area contributed by atoms with Crippen molar-refractivity contribution in [1.29, 1.82) is 0 Å². The molecule has 2 N–H and O–H groups in total. The van der Waals surface area contributed by atoms with Crippen molar-refractivity contribution in [3.05, 3.63) is 29.1 Å². The van der Waals surface area contributed by atoms with Crippen molar-refractivity contribution in [3.8, 4) is 22.6 Å². The Labute approximate surface area is 140 Å². The minimum atomic E-state index is -0.419. The van der Waals surface area contributed by atoms with Crippen molar-refractivity contribution >= 4 is 22.3 Å². The van der Waals surface area contributed by atoms with Gasteiger partial charge >= 0.3 is 5.97 Å². The summed E-state index contributed by atoms with van der Waals surface area (Å²) in [5.74, 6) is 1.15. The Morgan fingerprint density at radius 1 is 1.22 bits per heavy atom. The van der Waals surface area contributed by atoms with Crippen molar-refractivity contribution in [2.24, 2.45) is 5.92 Å². The molecule has 5 nitrogen and oxygen atoms in total. The molecule has 1 aromatic carbocycles. The molecule has 2 rings (SSSR count). The molecule has 0 unspecified atom stereocenters. The van der Waals surface area contributed by atoms with E-state index >= 15 is 0 Å². The van der Waals surface area contributed by atoms with Gasteiger partial charge in [-0.05, 0) is 24.1 Å². The number of hydrogen-bond acceptors (Lipinski definition) is 6. The summed E-state index contributed by atoms with van der Waals surface area (Å²) >= 11 is 1.30. The van der Waals surface area contributed by atoms with Gasteiger partial charge in [-0.1, -0.05) is 13.8 Å². The average molecular weight is 335 g/mol. The molecule has 0 saturated heterocycles. The van der Waals surface area contributed by atoms with Crippen molar-refractivity contribution in [2.45, 2.75) is 13.8 Å². The van der Waals surface area contributed by atoms with Crippen molar-refractivity contribution in [2.75, 3.05) is 26.6 Å². The lowest BCUT2D eigenvalue weighted by atomic mass is 10.0. The summed E-state index contributed by atoms with van der Waals surface area (Å²) in [4.78, 5) is 12.4. The summed E-state index contributed by atoms with van der Waals surface area (Å²) in [5, 5.41) is 2.26. The first-order chi connectivity index (χ1) is 11.0. The largest absolute Gasteiger partial charge is 0.497 e. The van der Waals surface area contributed by atoms with Crippen LogP contribution in [0.3, 0.4) is 0 Å². The third kappa shape index (κ3) is 3.76. The summed E-state index contributed by atoms with van der Waals surface area (Å²) in [5.41, 5.74) is 7.81. The van der Waals surface area contributed by atoms with Gasteiger partial charge in [0, 0.05) is 16.5 Å². The van der Waals surface area contributed by atoms with E-state index < -0.39 is 5.97 Å². The van der Waals surface area contributed by atoms with E-state index in [0.29, 0.717) is 34.2 Å². The molecule has 23 heavy (non-hydrogen) atoms. The molecule has 1 aromatic heterocycles. The summed E-state index contributed by atoms with van der Waals surface area (Å²) in [7, 11) is 3.17. The highest BCUT2D eigenvalue weighted by atomic mass is 32.1. The summed E-state index contributed by atoms with van der Waals surface area (Å²) < 4.78 is 16.0. The molecule has 6 heteroatoms. The second-order valence-electron chi connectivity index (χ2n) is 5.45. The van der Waals surface area contributed by atoms with E-state index in [9.17, 15) is 4.79 Å². The number of methoxy groups -OCH3 is 2. The van der Waals surface area contributed by atoms with Crippen LogP contribution in [0.4, 0.5) is 5.00 Å². The number of thiophene rings is 1. The zero-order valence-electron chi connectivity index (χ0n) is 13.7. The van der Waals surface area contributed by atoms with Gasteiger partial charge in [0.2, 0.25) is 0 Å². The van der Waals surface area contributed by atoms with Crippen LogP contribution >= 0.6 is 11.3 Å². The van der Waals surface area contributed by atoms with Crippen LogP contribution in [0.2, 0.25) is 0 Å². The zero-order valence-corrected chi connectivity index (χ0v) is 14.5. The highest BCUT2D eigenvalue weighted by Gasteiger charge is 2.22. The van der Waals surface area contributed by atoms with Gasteiger partial charge in [-0.15, -0.1) is 11.3 Å². The molecule has 2 aromatic rings. The van der Waals surface area contributed by atoms with Gasteiger partial charge in [0.1, 0.15) is 22.1 Å². The molecule has 0 aliphatic rings. The van der Waals surface area contributed by atoms with Crippen molar-refractivity contribution in [1.82, 2.24) is 0 Å². The number of ether oxygens (including phenoxy) is 3. The predicted molar refractivity (Wildman–Crippen MR) is 92.4 cm³/mol. The van der Waals surface area contributed by atoms with Crippen LogP contribution in [0.25, 0.3) is 11.1 Å². The summed E-state index contributed by atoms with van der Waals surface area (Å²) in [6, 6.07) is 5.42. The Kier molecular flexibility index (Phi) is 5.50. The van der Waals surface area contributed by atoms with Gasteiger partial charge in [-0.2, -0.15) is 0 Å². The Morgan fingerprint density at radius 2 is 1.96 bits per heavy atom. The van der Waals surface area contributed by atoms with E-state index in [4.69, 9.17) is 19.9 Å². The van der Waals surface area contributed by atoms with Crippen LogP contribution in [0.1, 0.15) is 24.2 Å². The lowest BCUT2D eigenvalue weighted by Crippen LogP contribution is -2.11. The number of carbonyl (C=O) groups is 1. The maximum atomic E-state index is 12.4. The number of esters is 1. The Bertz CT molecular complexity index is 694. The van der Waals surface area contributed by atoms with Crippen LogP contribution < -0.4 is 15.2 Å². The van der Waals surface area contributed by atoms with Gasteiger partial charge < -0.3 is 19.9 Å². The van der Waals surface area contributed by atoms with Crippen LogP contribution in [-0.4, -0.2) is 26.8 Å². The number of hydrogen-bond donors (Lipinski definition) is 1. The number of nitrogens with two attached hydrogens (primary N) is 1. The molecule has 124 valence electrons. The predicted octanol–water partition coefficient (Wildman–Crippen LogP) is 3.83. The molecule has 0 fully saturated rings. The van der Waals surface area contributed by atoms with Crippen molar-refractivity contribution in [3.63, 3.8) is 0 Å². The fourth-order valence-electron chi connectivity index (χ4n) is 2.12. The molecule has 0 bridgehead atoms. The first kappa shape index (κ1) is 17.1. The number of carbonyl (C=O) groups excluding carboxylic acids is 1. The highest BCUT2D eigenvalue weighted by molar-refractivity contribution is 7.15. The van der Waals surface area contributed by atoms with E-state index in [1.165, 1.54) is 11.3 Å². The maximum Gasteiger partial charge on any atom is 0.341 e. The fraction of sp³-hybridized carbons (Fsp3) is 0.353. The Morgan fingerprint density at radius 3 is 2.57 bits per heavy atom. The third-order valence-corrected chi connectivity index (χ3v) is 4.08. The first-order valence-corrected chi connectivity index (χ1v) is 8.12. The Hall–Kier alpha value is -2.21. The minimum Gasteiger partial charge on any atom is -0.497 e. The van der Waals surface area contributed by atoms with Gasteiger partial charge in [0.15, 0.2) is 0 Å². The molecule has 0 aliphatic heterocycles. The van der Waals surface area contributed by atoms with Gasteiger partial charge in [0.05, 0.1) is 20.8 Å². The lowest BCUT2D eigenvalue weighted by molar-refractivity contribution is 0.0461. The van der Waals surface area contributed by atoms with Crippen LogP contribution in [0.15, 0.2) is 23.6 Å². The highest BCUT2D eigenvalue weighted by Crippen LogP contribution is 2.40. The van der Waals surface area contributed by atoms with Crippen LogP contribution in [-0.2, 0) is 4.74 Å². The standard InChI is InChI=1S/C17H21NO4S/c1-10(2)8-22-17(19)15-13(9-23-16(15)18)12-7-11(20-3)5-6-14(12)21-4/h5-7,9-10H,8,18H2,1-4H3. The van der Waals surface area contributed by atoms with E-state index in [-0.39, 0.29) is 5.92 Å². The number of benzene rings is 1. The van der Waals surface area contributed by atoms with Gasteiger partial charge in [-0.3, -0.25) is 0 Å². The third-order valence-electron chi connectivity index (χ3n) is 3.27. The van der Waals surface area contributed by atoms with E-state index in [1.807, 2.05) is 25.3 Å². The second kappa shape index (κ2) is 7.37. The molecule has 0 radical (unpaired) electrons. The van der Waals surface area contributed by atoms with Gasteiger partial charge in [-0.25, -0.2) is 4.79 Å². The van der Waals surface area contributed by atoms with Crippen molar-refractivity contribution < 1.29 is 19.0 Å². The molecule has 1 heterocycles. The first-order valence-electron chi connectivity index (χ1n) is 7.24. The second-order valence-corrected chi connectivity index (χ2v) is 6.36. The summed E-state index contributed by atoms with van der Waals surface area (Å²) in [6.45, 7) is 4.31. The minimum absolute atomic E-state index is 0.258. The average Bonchev–Trinajstić information content (AvgIpc) is 2.93. The molecule has 0 spiro atoms. The topological polar surface area (TPSA) is 70.8 Å². The van der Waals surface area contributed by atoms with Gasteiger partial charge in [0.25, 0.3) is 0 Å². The lowest BCUT2D eigenvalue weighted by Gasteiger charge is -2.12. The monoisotopic (exact) mass is 335 g/mol. The normalized spacial score (nSPS) is 10.7. The zero-order chi connectivity index (χ0) is 17.0. The molecular formula is C17H21NO4S. The molecule has 0 amide bonds.